The standard InChI is InChI=1S/C35H19BN4O4S/c36-26-25(29(41)31(43)32(44)30(26)42)27-20-12-7-15-37-34(20)39-35(38-27)40-21-13-5-3-10-18(21)24-28(40)17-9-2-1-8-16(17)23-19-11-4-6-14-22(19)45-33(23)24/h1-15,41-44H. The average Bonchev–Trinajstić information content (AvgIpc) is 3.63. The molecule has 0 atom stereocenters. The molecule has 45 heavy (non-hydrogen) atoms. The monoisotopic (exact) mass is 602 g/mol. The second-order valence-electron chi connectivity index (χ2n) is 10.9. The van der Waals surface area contributed by atoms with Gasteiger partial charge in [-0.05, 0) is 35.1 Å². The Labute approximate surface area is 259 Å². The van der Waals surface area contributed by atoms with E-state index < -0.39 is 23.0 Å². The highest BCUT2D eigenvalue weighted by Crippen LogP contribution is 2.49. The van der Waals surface area contributed by atoms with Crippen molar-refractivity contribution < 1.29 is 20.4 Å². The van der Waals surface area contributed by atoms with Crippen molar-refractivity contribution in [2.75, 3.05) is 0 Å². The fourth-order valence-corrected chi connectivity index (χ4v) is 7.80. The summed E-state index contributed by atoms with van der Waals surface area (Å²) < 4.78 is 4.32. The van der Waals surface area contributed by atoms with Crippen LogP contribution in [0.3, 0.4) is 0 Å². The summed E-state index contributed by atoms with van der Waals surface area (Å²) in [6, 6.07) is 28.2. The summed E-state index contributed by atoms with van der Waals surface area (Å²) in [5.41, 5.74) is 1.70. The van der Waals surface area contributed by atoms with Gasteiger partial charge in [-0.3, -0.25) is 4.57 Å². The predicted octanol–water partition coefficient (Wildman–Crippen LogP) is 6.93. The number of nitrogens with zero attached hydrogens (tertiary/aromatic N) is 4. The van der Waals surface area contributed by atoms with Crippen LogP contribution in [-0.4, -0.2) is 47.8 Å². The lowest BCUT2D eigenvalue weighted by Gasteiger charge is -2.16. The number of fused-ring (bicyclic) bond motifs is 11. The number of aromatic nitrogens is 4. The molecule has 212 valence electrons. The van der Waals surface area contributed by atoms with Crippen LogP contribution in [0.4, 0.5) is 0 Å². The number of phenols is 4. The van der Waals surface area contributed by atoms with Crippen molar-refractivity contribution in [2.24, 2.45) is 0 Å². The Hall–Kier alpha value is -5.87. The number of hydrogen-bond donors (Lipinski definition) is 4. The molecule has 0 bridgehead atoms. The highest BCUT2D eigenvalue weighted by atomic mass is 32.1. The Morgan fingerprint density at radius 1 is 0.622 bits per heavy atom. The van der Waals surface area contributed by atoms with Crippen LogP contribution in [0.2, 0.25) is 0 Å². The normalized spacial score (nSPS) is 12.0. The fraction of sp³-hybridized carbons (Fsp3) is 0. The fourth-order valence-electron chi connectivity index (χ4n) is 6.53. The molecule has 0 spiro atoms. The summed E-state index contributed by atoms with van der Waals surface area (Å²) >= 11 is 1.75. The minimum atomic E-state index is -0.924. The van der Waals surface area contributed by atoms with Crippen molar-refractivity contribution >= 4 is 88.4 Å². The van der Waals surface area contributed by atoms with E-state index in [1.807, 2.05) is 34.9 Å². The minimum absolute atomic E-state index is 0.127. The molecule has 2 radical (unpaired) electrons. The van der Waals surface area contributed by atoms with Crippen LogP contribution in [0.1, 0.15) is 0 Å². The maximum absolute atomic E-state index is 11.0. The van der Waals surface area contributed by atoms with Gasteiger partial charge in [-0.15, -0.1) is 11.3 Å². The Kier molecular flexibility index (Phi) is 5.16. The highest BCUT2D eigenvalue weighted by Gasteiger charge is 2.27. The number of thiophene rings is 1. The minimum Gasteiger partial charge on any atom is -0.505 e. The molecule has 5 aromatic carbocycles. The lowest BCUT2D eigenvalue weighted by molar-refractivity contribution is 0.348. The molecule has 10 heteroatoms. The van der Waals surface area contributed by atoms with Crippen LogP contribution in [0.5, 0.6) is 23.0 Å². The van der Waals surface area contributed by atoms with Gasteiger partial charge < -0.3 is 20.4 Å². The van der Waals surface area contributed by atoms with E-state index in [0.29, 0.717) is 11.0 Å². The third kappa shape index (κ3) is 3.34. The number of benzene rings is 5. The molecule has 8 nitrogen and oxygen atoms in total. The zero-order valence-electron chi connectivity index (χ0n) is 23.2. The van der Waals surface area contributed by atoms with Crippen molar-refractivity contribution in [1.82, 2.24) is 19.5 Å². The first-order chi connectivity index (χ1) is 21.9. The summed E-state index contributed by atoms with van der Waals surface area (Å²) in [7, 11) is 6.23. The molecule has 0 aliphatic rings. The molecule has 0 saturated heterocycles. The quantitative estimate of drug-likeness (QED) is 0.0962. The number of pyridine rings is 1. The Morgan fingerprint density at radius 3 is 2.11 bits per heavy atom. The molecule has 0 aliphatic heterocycles. The van der Waals surface area contributed by atoms with E-state index in [-0.39, 0.29) is 22.7 Å². The first-order valence-electron chi connectivity index (χ1n) is 14.1. The maximum Gasteiger partial charge on any atom is 0.237 e. The molecule has 4 N–H and O–H groups in total. The van der Waals surface area contributed by atoms with Crippen molar-refractivity contribution in [1.29, 1.82) is 0 Å². The molecule has 0 amide bonds. The number of para-hydroxylation sites is 1. The first-order valence-corrected chi connectivity index (χ1v) is 14.9. The molecule has 9 aromatic rings. The van der Waals surface area contributed by atoms with Gasteiger partial charge in [-0.2, -0.15) is 4.98 Å². The van der Waals surface area contributed by atoms with Gasteiger partial charge >= 0.3 is 0 Å². The third-order valence-corrected chi connectivity index (χ3v) is 9.67. The van der Waals surface area contributed by atoms with Crippen LogP contribution in [0, 0.1) is 0 Å². The second-order valence-corrected chi connectivity index (χ2v) is 11.9. The molecular weight excluding hydrogens is 583 g/mol. The number of hydrogen-bond acceptors (Lipinski definition) is 8. The summed E-state index contributed by atoms with van der Waals surface area (Å²) in [5.74, 6) is -3.08. The maximum atomic E-state index is 11.0. The predicted molar refractivity (Wildman–Crippen MR) is 180 cm³/mol. The largest absolute Gasteiger partial charge is 0.505 e. The third-order valence-electron chi connectivity index (χ3n) is 8.48. The summed E-state index contributed by atoms with van der Waals surface area (Å²) in [5, 5.41) is 49.1. The molecular formula is C35H19BN4O4S. The lowest BCUT2D eigenvalue weighted by atomic mass is 9.85. The van der Waals surface area contributed by atoms with E-state index in [9.17, 15) is 20.4 Å². The Morgan fingerprint density at radius 2 is 1.29 bits per heavy atom. The van der Waals surface area contributed by atoms with Gasteiger partial charge in [0.2, 0.25) is 17.4 Å². The van der Waals surface area contributed by atoms with Crippen LogP contribution in [0.15, 0.2) is 91.1 Å². The van der Waals surface area contributed by atoms with Gasteiger partial charge in [-0.25, -0.2) is 9.97 Å². The van der Waals surface area contributed by atoms with Crippen molar-refractivity contribution in [3.8, 4) is 40.2 Å². The zero-order chi connectivity index (χ0) is 30.6. The van der Waals surface area contributed by atoms with Crippen molar-refractivity contribution in [3.63, 3.8) is 0 Å². The summed E-state index contributed by atoms with van der Waals surface area (Å²) in [4.78, 5) is 14.4. The van der Waals surface area contributed by atoms with Gasteiger partial charge in [0, 0.05) is 53.5 Å². The molecule has 4 aromatic heterocycles. The number of aromatic hydroxyl groups is 4. The Balaban J connectivity index is 1.51. The van der Waals surface area contributed by atoms with E-state index in [0.717, 1.165) is 37.3 Å². The molecule has 0 aliphatic carbocycles. The topological polar surface area (TPSA) is 125 Å². The van der Waals surface area contributed by atoms with Gasteiger partial charge in [0.1, 0.15) is 7.85 Å². The van der Waals surface area contributed by atoms with Crippen molar-refractivity contribution in [2.45, 2.75) is 0 Å². The number of phenolic OH excluding ortho intramolecular Hbond substituents is 4. The molecule has 0 unspecified atom stereocenters. The van der Waals surface area contributed by atoms with E-state index >= 15 is 0 Å². The van der Waals surface area contributed by atoms with Gasteiger partial charge in [-0.1, -0.05) is 60.7 Å². The van der Waals surface area contributed by atoms with E-state index in [4.69, 9.17) is 17.8 Å². The molecule has 4 heterocycles. The summed E-state index contributed by atoms with van der Waals surface area (Å²) in [6.45, 7) is 0. The SMILES string of the molecule is [B]c1c(O)c(O)c(O)c(O)c1-c1nc(-n2c3ccccc3c3c4sc5ccccc5c4c4ccccc4c32)nc2ncccc12. The van der Waals surface area contributed by atoms with Gasteiger partial charge in [0.15, 0.2) is 17.1 Å². The second kappa shape index (κ2) is 9.07. The Bertz CT molecular complexity index is 2710. The smallest absolute Gasteiger partial charge is 0.237 e. The first kappa shape index (κ1) is 25.6. The van der Waals surface area contributed by atoms with Crippen LogP contribution in [0.25, 0.3) is 81.0 Å². The zero-order valence-corrected chi connectivity index (χ0v) is 24.0. The molecule has 0 fully saturated rings. The van der Waals surface area contributed by atoms with Gasteiger partial charge in [0.05, 0.1) is 16.7 Å². The van der Waals surface area contributed by atoms with Crippen molar-refractivity contribution in [3.05, 3.63) is 91.1 Å². The van der Waals surface area contributed by atoms with E-state index in [1.54, 1.807) is 29.7 Å². The summed E-state index contributed by atoms with van der Waals surface area (Å²) in [6.07, 6.45) is 1.60. The lowest BCUT2D eigenvalue weighted by Crippen LogP contribution is -2.11. The van der Waals surface area contributed by atoms with E-state index in [1.165, 1.54) is 15.5 Å². The van der Waals surface area contributed by atoms with Crippen LogP contribution in [-0.2, 0) is 0 Å². The van der Waals surface area contributed by atoms with Gasteiger partial charge in [0.25, 0.3) is 0 Å². The van der Waals surface area contributed by atoms with Crippen LogP contribution < -0.4 is 5.46 Å². The average molecular weight is 602 g/mol. The highest BCUT2D eigenvalue weighted by molar-refractivity contribution is 7.27. The number of rotatable bonds is 2. The van der Waals surface area contributed by atoms with E-state index in [2.05, 4.69) is 47.4 Å². The molecule has 9 rings (SSSR count). The van der Waals surface area contributed by atoms with Crippen LogP contribution >= 0.6 is 11.3 Å². The molecule has 0 saturated carbocycles.